The molecule has 0 amide bonds. The van der Waals surface area contributed by atoms with Gasteiger partial charge in [0.2, 0.25) is 5.95 Å². The van der Waals surface area contributed by atoms with Crippen LogP contribution in [0.4, 0.5) is 11.6 Å². The van der Waals surface area contributed by atoms with Crippen molar-refractivity contribution >= 4 is 11.6 Å². The molecule has 1 N–H and O–H groups in total. The summed E-state index contributed by atoms with van der Waals surface area (Å²) in [5.74, 6) is 0.797. The minimum Gasteiger partial charge on any atom is -0.324 e. The van der Waals surface area contributed by atoms with Gasteiger partial charge in [0.05, 0.1) is 11.9 Å². The van der Waals surface area contributed by atoms with Crippen molar-refractivity contribution in [3.05, 3.63) is 49.1 Å². The molecule has 0 radical (unpaired) electrons. The van der Waals surface area contributed by atoms with Gasteiger partial charge in [0.1, 0.15) is 0 Å². The molecular formula is C12H14N4. The monoisotopic (exact) mass is 214 g/mol. The molecule has 2 rings (SSSR count). The second-order valence-corrected chi connectivity index (χ2v) is 3.51. The van der Waals surface area contributed by atoms with E-state index in [-0.39, 0.29) is 0 Å². The van der Waals surface area contributed by atoms with Gasteiger partial charge in [0.25, 0.3) is 0 Å². The Kier molecular flexibility index (Phi) is 3.00. The Morgan fingerprint density at radius 1 is 1.44 bits per heavy atom. The topological polar surface area (TPSA) is 42.7 Å². The van der Waals surface area contributed by atoms with Crippen LogP contribution in [0.5, 0.6) is 0 Å². The lowest BCUT2D eigenvalue weighted by atomic mass is 10.3. The van der Waals surface area contributed by atoms with E-state index in [1.165, 1.54) is 0 Å². The summed E-state index contributed by atoms with van der Waals surface area (Å²) >= 11 is 0. The standard InChI is InChI=1S/C12H14N4/c1-3-7-16-8-6-13-12(16)15-11-5-4-10(2)14-9-11/h3-6,8-9H,1,7H2,2H3,(H,13,15). The van der Waals surface area contributed by atoms with Crippen molar-refractivity contribution in [3.63, 3.8) is 0 Å². The van der Waals surface area contributed by atoms with Crippen LogP contribution in [0.3, 0.4) is 0 Å². The van der Waals surface area contributed by atoms with E-state index in [0.29, 0.717) is 0 Å². The molecule has 2 aromatic rings. The molecule has 82 valence electrons. The first-order valence-electron chi connectivity index (χ1n) is 5.11. The van der Waals surface area contributed by atoms with Gasteiger partial charge in [-0.2, -0.15) is 0 Å². The zero-order valence-corrected chi connectivity index (χ0v) is 9.22. The first-order valence-corrected chi connectivity index (χ1v) is 5.11. The highest BCUT2D eigenvalue weighted by molar-refractivity contribution is 5.52. The van der Waals surface area contributed by atoms with E-state index in [9.17, 15) is 0 Å². The Morgan fingerprint density at radius 2 is 2.31 bits per heavy atom. The number of imidazole rings is 1. The molecule has 0 saturated carbocycles. The summed E-state index contributed by atoms with van der Waals surface area (Å²) < 4.78 is 1.98. The number of rotatable bonds is 4. The summed E-state index contributed by atoms with van der Waals surface area (Å²) in [5.41, 5.74) is 1.93. The largest absolute Gasteiger partial charge is 0.324 e. The van der Waals surface area contributed by atoms with E-state index in [0.717, 1.165) is 23.9 Å². The van der Waals surface area contributed by atoms with E-state index < -0.39 is 0 Å². The van der Waals surface area contributed by atoms with Gasteiger partial charge in [-0.3, -0.25) is 4.98 Å². The molecule has 0 saturated heterocycles. The molecule has 16 heavy (non-hydrogen) atoms. The van der Waals surface area contributed by atoms with E-state index >= 15 is 0 Å². The maximum absolute atomic E-state index is 4.23. The predicted molar refractivity (Wildman–Crippen MR) is 64.7 cm³/mol. The van der Waals surface area contributed by atoms with Crippen LogP contribution in [0.15, 0.2) is 43.4 Å². The number of nitrogens with one attached hydrogen (secondary N) is 1. The zero-order chi connectivity index (χ0) is 11.4. The van der Waals surface area contributed by atoms with Crippen molar-refractivity contribution in [2.45, 2.75) is 13.5 Å². The molecule has 2 heterocycles. The third kappa shape index (κ3) is 2.28. The third-order valence-corrected chi connectivity index (χ3v) is 2.21. The number of hydrogen-bond donors (Lipinski definition) is 1. The number of allylic oxidation sites excluding steroid dienone is 1. The summed E-state index contributed by atoms with van der Waals surface area (Å²) in [4.78, 5) is 8.44. The van der Waals surface area contributed by atoms with Crippen LogP contribution in [-0.4, -0.2) is 14.5 Å². The van der Waals surface area contributed by atoms with E-state index in [2.05, 4.69) is 21.9 Å². The van der Waals surface area contributed by atoms with Crippen molar-refractivity contribution in [2.24, 2.45) is 0 Å². The van der Waals surface area contributed by atoms with E-state index in [4.69, 9.17) is 0 Å². The van der Waals surface area contributed by atoms with Gasteiger partial charge in [0, 0.05) is 24.6 Å². The molecule has 2 aromatic heterocycles. The maximum Gasteiger partial charge on any atom is 0.207 e. The van der Waals surface area contributed by atoms with E-state index in [1.807, 2.05) is 35.9 Å². The summed E-state index contributed by atoms with van der Waals surface area (Å²) in [7, 11) is 0. The minimum absolute atomic E-state index is 0.738. The van der Waals surface area contributed by atoms with Gasteiger partial charge < -0.3 is 9.88 Å². The Bertz CT molecular complexity index is 470. The molecule has 0 aliphatic rings. The molecule has 0 aliphatic carbocycles. The maximum atomic E-state index is 4.23. The first-order chi connectivity index (χ1) is 7.79. The second kappa shape index (κ2) is 4.61. The molecule has 0 unspecified atom stereocenters. The lowest BCUT2D eigenvalue weighted by Crippen LogP contribution is -2.02. The molecule has 0 aliphatic heterocycles. The SMILES string of the molecule is C=CCn1ccnc1Nc1ccc(C)nc1. The average Bonchev–Trinajstić information content (AvgIpc) is 2.70. The van der Waals surface area contributed by atoms with Gasteiger partial charge in [-0.15, -0.1) is 6.58 Å². The van der Waals surface area contributed by atoms with Crippen LogP contribution in [0.2, 0.25) is 0 Å². The molecule has 0 spiro atoms. The molecular weight excluding hydrogens is 200 g/mol. The lowest BCUT2D eigenvalue weighted by Gasteiger charge is -2.07. The van der Waals surface area contributed by atoms with Crippen molar-refractivity contribution in [1.82, 2.24) is 14.5 Å². The number of pyridine rings is 1. The van der Waals surface area contributed by atoms with Gasteiger partial charge in [-0.1, -0.05) is 6.08 Å². The van der Waals surface area contributed by atoms with Crippen LogP contribution in [0.1, 0.15) is 5.69 Å². The zero-order valence-electron chi connectivity index (χ0n) is 9.22. The summed E-state index contributed by atoms with van der Waals surface area (Å²) in [5, 5.41) is 3.21. The summed E-state index contributed by atoms with van der Waals surface area (Å²) in [6, 6.07) is 3.94. The van der Waals surface area contributed by atoms with Crippen molar-refractivity contribution in [3.8, 4) is 0 Å². The molecule has 4 nitrogen and oxygen atoms in total. The molecule has 0 atom stereocenters. The van der Waals surface area contributed by atoms with E-state index in [1.54, 1.807) is 12.4 Å². The van der Waals surface area contributed by atoms with Crippen LogP contribution < -0.4 is 5.32 Å². The minimum atomic E-state index is 0.738. The molecule has 0 bridgehead atoms. The van der Waals surface area contributed by atoms with Crippen LogP contribution >= 0.6 is 0 Å². The number of anilines is 2. The van der Waals surface area contributed by atoms with Gasteiger partial charge in [-0.25, -0.2) is 4.98 Å². The average molecular weight is 214 g/mol. The highest BCUT2D eigenvalue weighted by atomic mass is 15.2. The third-order valence-electron chi connectivity index (χ3n) is 2.21. The highest BCUT2D eigenvalue weighted by Gasteiger charge is 2.01. The molecule has 4 heteroatoms. The molecule has 0 fully saturated rings. The quantitative estimate of drug-likeness (QED) is 0.795. The number of nitrogens with zero attached hydrogens (tertiary/aromatic N) is 3. The molecule has 0 aromatic carbocycles. The fraction of sp³-hybridized carbons (Fsp3) is 0.167. The van der Waals surface area contributed by atoms with Crippen LogP contribution in [0.25, 0.3) is 0 Å². The number of hydrogen-bond acceptors (Lipinski definition) is 3. The fourth-order valence-electron chi connectivity index (χ4n) is 1.39. The highest BCUT2D eigenvalue weighted by Crippen LogP contribution is 2.13. The van der Waals surface area contributed by atoms with Crippen molar-refractivity contribution in [1.29, 1.82) is 0 Å². The Hall–Kier alpha value is -2.10. The lowest BCUT2D eigenvalue weighted by molar-refractivity contribution is 0.833. The first kappa shape index (κ1) is 10.4. The number of aryl methyl sites for hydroxylation is 1. The number of aromatic nitrogens is 3. The Morgan fingerprint density at radius 3 is 3.00 bits per heavy atom. The predicted octanol–water partition coefficient (Wildman–Crippen LogP) is 2.52. The van der Waals surface area contributed by atoms with Crippen molar-refractivity contribution in [2.75, 3.05) is 5.32 Å². The summed E-state index contributed by atoms with van der Waals surface area (Å²) in [6.07, 6.45) is 7.29. The van der Waals surface area contributed by atoms with Gasteiger partial charge >= 0.3 is 0 Å². The normalized spacial score (nSPS) is 10.1. The van der Waals surface area contributed by atoms with Gasteiger partial charge in [-0.05, 0) is 19.1 Å². The van der Waals surface area contributed by atoms with Crippen LogP contribution in [0, 0.1) is 6.92 Å². The summed E-state index contributed by atoms with van der Waals surface area (Å²) in [6.45, 7) is 6.41. The van der Waals surface area contributed by atoms with Crippen molar-refractivity contribution < 1.29 is 0 Å². The Labute approximate surface area is 94.7 Å². The van der Waals surface area contributed by atoms with Gasteiger partial charge in [0.15, 0.2) is 0 Å². The Balaban J connectivity index is 2.16. The van der Waals surface area contributed by atoms with Crippen LogP contribution in [-0.2, 0) is 6.54 Å². The second-order valence-electron chi connectivity index (χ2n) is 3.51. The smallest absolute Gasteiger partial charge is 0.207 e. The fourth-order valence-corrected chi connectivity index (χ4v) is 1.39.